The third kappa shape index (κ3) is 4.37. The summed E-state index contributed by atoms with van der Waals surface area (Å²) in [6.45, 7) is 9.77. The molecule has 0 bridgehead atoms. The monoisotopic (exact) mass is 465 g/mol. The van der Waals surface area contributed by atoms with Crippen LogP contribution in [0.25, 0.3) is 0 Å². The van der Waals surface area contributed by atoms with E-state index in [1.54, 1.807) is 6.92 Å². The quantitative estimate of drug-likeness (QED) is 0.461. The van der Waals surface area contributed by atoms with Gasteiger partial charge in [-0.1, -0.05) is 62.9 Å². The molecule has 1 saturated carbocycles. The topological polar surface area (TPSA) is 95.9 Å². The van der Waals surface area contributed by atoms with E-state index in [4.69, 9.17) is 4.74 Å². The molecule has 3 aliphatic rings. The summed E-state index contributed by atoms with van der Waals surface area (Å²) in [5.41, 5.74) is -1.06. The Balaban J connectivity index is 1.81. The summed E-state index contributed by atoms with van der Waals surface area (Å²) in [7, 11) is 0. The van der Waals surface area contributed by atoms with Crippen LogP contribution in [0.5, 0.6) is 0 Å². The van der Waals surface area contributed by atoms with E-state index < -0.39 is 41.0 Å². The van der Waals surface area contributed by atoms with E-state index in [1.165, 1.54) is 12.2 Å². The van der Waals surface area contributed by atoms with E-state index in [9.17, 15) is 19.8 Å². The predicted octanol–water partition coefficient (Wildman–Crippen LogP) is 3.10. The van der Waals surface area contributed by atoms with Crippen LogP contribution in [-0.2, 0) is 20.7 Å². The molecule has 2 aliphatic heterocycles. The average molecular weight is 466 g/mol. The number of carbonyl (C=O) groups excluding carboxylic acids is 2. The number of nitrogens with one attached hydrogen (secondary N) is 1. The van der Waals surface area contributed by atoms with Gasteiger partial charge >= 0.3 is 5.97 Å². The summed E-state index contributed by atoms with van der Waals surface area (Å²) < 4.78 is 6.03. The van der Waals surface area contributed by atoms with Crippen molar-refractivity contribution in [2.24, 2.45) is 23.7 Å². The number of aliphatic hydroxyl groups is 2. The first-order chi connectivity index (χ1) is 16.0. The van der Waals surface area contributed by atoms with Crippen molar-refractivity contribution in [1.82, 2.24) is 5.32 Å². The third-order valence-electron chi connectivity index (χ3n) is 7.73. The lowest BCUT2D eigenvalue weighted by Gasteiger charge is -2.49. The van der Waals surface area contributed by atoms with Crippen LogP contribution in [0.2, 0.25) is 0 Å². The van der Waals surface area contributed by atoms with Crippen LogP contribution in [0.3, 0.4) is 0 Å². The molecule has 3 N–H and O–H groups in total. The van der Waals surface area contributed by atoms with E-state index >= 15 is 0 Å². The highest BCUT2D eigenvalue weighted by atomic mass is 16.6. The van der Waals surface area contributed by atoms with E-state index in [0.717, 1.165) is 5.56 Å². The van der Waals surface area contributed by atoms with Crippen molar-refractivity contribution in [2.45, 2.75) is 63.4 Å². The number of hydrogen-bond donors (Lipinski definition) is 3. The van der Waals surface area contributed by atoms with Crippen LogP contribution in [0.4, 0.5) is 0 Å². The Labute approximate surface area is 201 Å². The highest BCUT2D eigenvalue weighted by molar-refractivity contribution is 5.94. The second-order valence-electron chi connectivity index (χ2n) is 10.5. The smallest absolute Gasteiger partial charge is 0.331 e. The minimum atomic E-state index is -1.58. The average Bonchev–Trinajstić information content (AvgIpc) is 3.04. The van der Waals surface area contributed by atoms with Crippen LogP contribution in [0.15, 0.2) is 66.8 Å². The molecule has 1 amide bonds. The van der Waals surface area contributed by atoms with Gasteiger partial charge in [0.1, 0.15) is 0 Å². The summed E-state index contributed by atoms with van der Waals surface area (Å²) in [5.74, 6) is -2.41. The Bertz CT molecular complexity index is 1010. The summed E-state index contributed by atoms with van der Waals surface area (Å²) in [6, 6.07) is 9.56. The van der Waals surface area contributed by atoms with E-state index in [-0.39, 0.29) is 17.9 Å². The molecule has 1 spiro atoms. The summed E-state index contributed by atoms with van der Waals surface area (Å²) in [6.07, 6.45) is 7.04. The van der Waals surface area contributed by atoms with Gasteiger partial charge in [-0.2, -0.15) is 0 Å². The molecule has 0 unspecified atom stereocenters. The number of aliphatic hydroxyl groups excluding tert-OH is 1. The van der Waals surface area contributed by atoms with Gasteiger partial charge in [-0.25, -0.2) is 4.79 Å². The number of benzene rings is 1. The maximum absolute atomic E-state index is 13.7. The Morgan fingerprint density at radius 3 is 2.62 bits per heavy atom. The van der Waals surface area contributed by atoms with Crippen molar-refractivity contribution in [2.75, 3.05) is 0 Å². The van der Waals surface area contributed by atoms with Crippen LogP contribution in [0, 0.1) is 23.7 Å². The second-order valence-corrected chi connectivity index (χ2v) is 10.5. The Hall–Kier alpha value is -2.70. The Kier molecular flexibility index (Phi) is 6.58. The molecular weight excluding hydrogens is 430 g/mol. The number of carbonyl (C=O) groups is 2. The fourth-order valence-electron chi connectivity index (χ4n) is 6.12. The SMILES string of the molecule is C=C1[C@H](C)[C@@H]2[C@@H](Cc3ccccc3)NC(=O)[C@@]23OC(=O)/C=C/[C@](C)(O)C[C@H](C)C/C=C/[C@@H]3[C@H]1O. The largest absolute Gasteiger partial charge is 0.445 e. The Morgan fingerprint density at radius 2 is 1.91 bits per heavy atom. The van der Waals surface area contributed by atoms with Gasteiger partial charge in [-0.3, -0.25) is 4.79 Å². The number of allylic oxidation sites excluding steroid dienone is 1. The summed E-state index contributed by atoms with van der Waals surface area (Å²) in [5, 5.41) is 25.0. The number of amides is 1. The highest BCUT2D eigenvalue weighted by Crippen LogP contribution is 2.52. The fraction of sp³-hybridized carbons (Fsp3) is 0.500. The first-order valence-corrected chi connectivity index (χ1v) is 12.1. The molecule has 1 aromatic carbocycles. The minimum Gasteiger partial charge on any atom is -0.445 e. The van der Waals surface area contributed by atoms with Crippen molar-refractivity contribution in [3.8, 4) is 0 Å². The lowest BCUT2D eigenvalue weighted by atomic mass is 9.59. The van der Waals surface area contributed by atoms with Crippen LogP contribution >= 0.6 is 0 Å². The van der Waals surface area contributed by atoms with Gasteiger partial charge in [0.25, 0.3) is 5.91 Å². The normalized spacial score (nSPS) is 42.3. The molecule has 1 aromatic rings. The maximum Gasteiger partial charge on any atom is 0.331 e. The lowest BCUT2D eigenvalue weighted by Crippen LogP contribution is -2.61. The second kappa shape index (κ2) is 9.16. The molecular formula is C28H35NO5. The van der Waals surface area contributed by atoms with E-state index in [1.807, 2.05) is 56.3 Å². The van der Waals surface area contributed by atoms with Gasteiger partial charge in [-0.05, 0) is 55.2 Å². The molecule has 34 heavy (non-hydrogen) atoms. The first kappa shape index (κ1) is 24.4. The number of rotatable bonds is 2. The van der Waals surface area contributed by atoms with Crippen molar-refractivity contribution in [3.05, 3.63) is 72.4 Å². The van der Waals surface area contributed by atoms with Gasteiger partial charge in [0, 0.05) is 18.0 Å². The van der Waals surface area contributed by atoms with E-state index in [0.29, 0.717) is 24.8 Å². The number of ether oxygens (including phenoxy) is 1. The standard InChI is InChI=1S/C28H35NO5/c1-17-9-8-12-21-25(31)19(3)18(2)24-22(15-20-10-6-5-7-11-20)29-26(32)28(21,24)34-23(30)13-14-27(4,33)16-17/h5-8,10-14,17-18,21-22,24-25,31,33H,3,9,15-16H2,1-2,4H3,(H,29,32)/b12-8+,14-13+/t17-,18+,21-,22-,24-,25+,27+,28+/m1/s1. The summed E-state index contributed by atoms with van der Waals surface area (Å²) >= 11 is 0. The molecule has 0 radical (unpaired) electrons. The molecule has 6 nitrogen and oxygen atoms in total. The van der Waals surface area contributed by atoms with Crippen LogP contribution in [0.1, 0.15) is 39.2 Å². The molecule has 1 saturated heterocycles. The fourth-order valence-corrected chi connectivity index (χ4v) is 6.12. The van der Waals surface area contributed by atoms with Crippen molar-refractivity contribution in [3.63, 3.8) is 0 Å². The predicted molar refractivity (Wildman–Crippen MR) is 129 cm³/mol. The number of hydrogen-bond acceptors (Lipinski definition) is 5. The molecule has 8 atom stereocenters. The minimum absolute atomic E-state index is 0.129. The van der Waals surface area contributed by atoms with Gasteiger partial charge in [0.15, 0.2) is 0 Å². The van der Waals surface area contributed by atoms with Crippen molar-refractivity contribution < 1.29 is 24.5 Å². The molecule has 2 fully saturated rings. The van der Waals surface area contributed by atoms with Gasteiger partial charge in [0.2, 0.25) is 5.60 Å². The van der Waals surface area contributed by atoms with Crippen molar-refractivity contribution in [1.29, 1.82) is 0 Å². The van der Waals surface area contributed by atoms with Crippen molar-refractivity contribution >= 4 is 11.9 Å². The summed E-state index contributed by atoms with van der Waals surface area (Å²) in [4.78, 5) is 26.7. The Morgan fingerprint density at radius 1 is 1.21 bits per heavy atom. The van der Waals surface area contributed by atoms with Crippen LogP contribution < -0.4 is 5.32 Å². The van der Waals surface area contributed by atoms with Gasteiger partial charge < -0.3 is 20.3 Å². The third-order valence-corrected chi connectivity index (χ3v) is 7.73. The van der Waals surface area contributed by atoms with E-state index in [2.05, 4.69) is 11.9 Å². The molecule has 2 heterocycles. The molecule has 0 aromatic heterocycles. The zero-order valence-electron chi connectivity index (χ0n) is 20.1. The number of esters is 1. The molecule has 1 aliphatic carbocycles. The molecule has 182 valence electrons. The zero-order valence-corrected chi connectivity index (χ0v) is 20.1. The lowest BCUT2D eigenvalue weighted by molar-refractivity contribution is -0.182. The maximum atomic E-state index is 13.7. The first-order valence-electron chi connectivity index (χ1n) is 12.1. The van der Waals surface area contributed by atoms with Gasteiger partial charge in [-0.15, -0.1) is 0 Å². The van der Waals surface area contributed by atoms with Crippen LogP contribution in [-0.4, -0.2) is 45.4 Å². The highest BCUT2D eigenvalue weighted by Gasteiger charge is 2.67. The van der Waals surface area contributed by atoms with Gasteiger partial charge in [0.05, 0.1) is 17.6 Å². The molecule has 6 heteroatoms. The molecule has 4 rings (SSSR count). The zero-order chi connectivity index (χ0) is 24.7.